The van der Waals surface area contributed by atoms with Crippen LogP contribution in [0.25, 0.3) is 22.3 Å². The number of aryl methyl sites for hydroxylation is 1. The number of pyridine rings is 1. The number of benzene rings is 1. The average Bonchev–Trinajstić information content (AvgIpc) is 3.13. The lowest BCUT2D eigenvalue weighted by Gasteiger charge is -2.05. The van der Waals surface area contributed by atoms with Crippen molar-refractivity contribution in [1.29, 1.82) is 0 Å². The fourth-order valence-corrected chi connectivity index (χ4v) is 2.84. The minimum Gasteiger partial charge on any atom is -0.326 e. The topological polar surface area (TPSA) is 59.4 Å². The smallest absolute Gasteiger partial charge is 0.0979 e. The van der Waals surface area contributed by atoms with Crippen molar-refractivity contribution < 1.29 is 0 Å². The number of hydrogen-bond acceptors (Lipinski definition) is 3. The molecule has 114 valence electrons. The number of nitrogens with zero attached hydrogens (tertiary/aromatic N) is 4. The van der Waals surface area contributed by atoms with E-state index in [4.69, 9.17) is 0 Å². The van der Waals surface area contributed by atoms with Crippen LogP contribution in [0.15, 0.2) is 49.1 Å². The highest BCUT2D eigenvalue weighted by Crippen LogP contribution is 2.29. The Morgan fingerprint density at radius 1 is 1.13 bits per heavy atom. The summed E-state index contributed by atoms with van der Waals surface area (Å²) in [5, 5.41) is 7.50. The Balaban J connectivity index is 1.82. The quantitative estimate of drug-likeness (QED) is 0.630. The van der Waals surface area contributed by atoms with Crippen LogP contribution in [-0.4, -0.2) is 24.7 Å². The lowest BCUT2D eigenvalue weighted by atomic mass is 10.1. The van der Waals surface area contributed by atoms with Gasteiger partial charge in [0.15, 0.2) is 0 Å². The zero-order valence-corrected chi connectivity index (χ0v) is 13.1. The Morgan fingerprint density at radius 3 is 2.78 bits per heavy atom. The molecule has 0 aliphatic carbocycles. The first kappa shape index (κ1) is 13.7. The van der Waals surface area contributed by atoms with Gasteiger partial charge in [-0.2, -0.15) is 5.10 Å². The van der Waals surface area contributed by atoms with Crippen LogP contribution in [0.3, 0.4) is 0 Å². The molecule has 0 atom stereocenters. The Hall–Kier alpha value is -2.95. The van der Waals surface area contributed by atoms with E-state index in [2.05, 4.69) is 55.9 Å². The number of aromatic amines is 1. The van der Waals surface area contributed by atoms with Gasteiger partial charge >= 0.3 is 0 Å². The first-order valence-electron chi connectivity index (χ1n) is 7.59. The highest BCUT2D eigenvalue weighted by atomic mass is 15.1. The third-order valence-corrected chi connectivity index (χ3v) is 4.23. The second-order valence-electron chi connectivity index (χ2n) is 5.73. The number of para-hydroxylation sites is 1. The number of hydrogen-bond donors (Lipinski definition) is 1. The SMILES string of the molecule is Cc1[nH]nc(-c2cccc3c2ncn3Cc2cccnc2)c1C. The Kier molecular flexibility index (Phi) is 3.19. The maximum atomic E-state index is 4.63. The van der Waals surface area contributed by atoms with Crippen molar-refractivity contribution in [2.24, 2.45) is 0 Å². The zero-order chi connectivity index (χ0) is 15.8. The molecule has 0 aliphatic heterocycles. The first-order valence-corrected chi connectivity index (χ1v) is 7.59. The van der Waals surface area contributed by atoms with E-state index in [1.165, 1.54) is 5.56 Å². The monoisotopic (exact) mass is 303 g/mol. The molecule has 0 saturated heterocycles. The average molecular weight is 303 g/mol. The van der Waals surface area contributed by atoms with Crippen molar-refractivity contribution in [3.8, 4) is 11.3 Å². The minimum atomic E-state index is 0.756. The summed E-state index contributed by atoms with van der Waals surface area (Å²) in [5.41, 5.74) is 7.53. The summed E-state index contributed by atoms with van der Waals surface area (Å²) in [4.78, 5) is 8.81. The molecule has 5 heteroatoms. The summed E-state index contributed by atoms with van der Waals surface area (Å²) in [5.74, 6) is 0. The predicted octanol–water partition coefficient (Wildman–Crippen LogP) is 3.49. The van der Waals surface area contributed by atoms with E-state index in [9.17, 15) is 0 Å². The number of H-pyrrole nitrogens is 1. The zero-order valence-electron chi connectivity index (χ0n) is 13.1. The predicted molar refractivity (Wildman–Crippen MR) is 90.1 cm³/mol. The molecule has 1 aromatic carbocycles. The van der Waals surface area contributed by atoms with Crippen molar-refractivity contribution in [3.05, 3.63) is 65.9 Å². The Labute approximate surface area is 134 Å². The van der Waals surface area contributed by atoms with E-state index in [0.717, 1.165) is 40.1 Å². The summed E-state index contributed by atoms with van der Waals surface area (Å²) in [7, 11) is 0. The Bertz CT molecular complexity index is 966. The van der Waals surface area contributed by atoms with E-state index >= 15 is 0 Å². The molecular weight excluding hydrogens is 286 g/mol. The first-order chi connectivity index (χ1) is 11.2. The standard InChI is InChI=1S/C18H17N5/c1-12-13(2)21-22-17(12)15-6-3-7-16-18(15)20-11-23(16)10-14-5-4-8-19-9-14/h3-9,11H,10H2,1-2H3,(H,21,22). The van der Waals surface area contributed by atoms with Gasteiger partial charge in [-0.25, -0.2) is 4.98 Å². The van der Waals surface area contributed by atoms with E-state index in [1.807, 2.05) is 25.5 Å². The highest BCUT2D eigenvalue weighted by Gasteiger charge is 2.14. The number of imidazole rings is 1. The van der Waals surface area contributed by atoms with E-state index in [-0.39, 0.29) is 0 Å². The van der Waals surface area contributed by atoms with E-state index < -0.39 is 0 Å². The third-order valence-electron chi connectivity index (χ3n) is 4.23. The van der Waals surface area contributed by atoms with Crippen LogP contribution in [0.5, 0.6) is 0 Å². The van der Waals surface area contributed by atoms with Crippen LogP contribution in [0, 0.1) is 13.8 Å². The number of aromatic nitrogens is 5. The van der Waals surface area contributed by atoms with Gasteiger partial charge in [0.2, 0.25) is 0 Å². The highest BCUT2D eigenvalue weighted by molar-refractivity contribution is 5.91. The summed E-state index contributed by atoms with van der Waals surface area (Å²) < 4.78 is 2.14. The van der Waals surface area contributed by atoms with Crippen LogP contribution in [-0.2, 0) is 6.54 Å². The number of rotatable bonds is 3. The third kappa shape index (κ3) is 2.30. The molecule has 0 bridgehead atoms. The van der Waals surface area contributed by atoms with E-state index in [1.54, 1.807) is 6.20 Å². The number of nitrogens with one attached hydrogen (secondary N) is 1. The van der Waals surface area contributed by atoms with Gasteiger partial charge in [-0.3, -0.25) is 10.1 Å². The summed E-state index contributed by atoms with van der Waals surface area (Å²) in [6, 6.07) is 10.3. The second-order valence-corrected chi connectivity index (χ2v) is 5.73. The molecule has 0 aliphatic rings. The molecule has 4 rings (SSSR count). The normalized spacial score (nSPS) is 11.2. The van der Waals surface area contributed by atoms with Crippen LogP contribution in [0.2, 0.25) is 0 Å². The van der Waals surface area contributed by atoms with Gasteiger partial charge in [0, 0.05) is 23.7 Å². The minimum absolute atomic E-state index is 0.756. The van der Waals surface area contributed by atoms with E-state index in [0.29, 0.717) is 0 Å². The Morgan fingerprint density at radius 2 is 2.04 bits per heavy atom. The molecular formula is C18H17N5. The summed E-state index contributed by atoms with van der Waals surface area (Å²) in [6.07, 6.45) is 5.56. The van der Waals surface area contributed by atoms with Crippen LogP contribution in [0.4, 0.5) is 0 Å². The van der Waals surface area contributed by atoms with Crippen molar-refractivity contribution in [1.82, 2.24) is 24.7 Å². The number of fused-ring (bicyclic) bond motifs is 1. The molecule has 4 aromatic rings. The van der Waals surface area contributed by atoms with Gasteiger partial charge < -0.3 is 4.57 Å². The summed E-state index contributed by atoms with van der Waals surface area (Å²) >= 11 is 0. The fraction of sp³-hybridized carbons (Fsp3) is 0.167. The summed E-state index contributed by atoms with van der Waals surface area (Å²) in [6.45, 7) is 4.87. The second kappa shape index (κ2) is 5.35. The van der Waals surface area contributed by atoms with Gasteiger partial charge in [0.05, 0.1) is 29.6 Å². The molecule has 0 fully saturated rings. The molecule has 0 radical (unpaired) electrons. The lowest BCUT2D eigenvalue weighted by molar-refractivity contribution is 0.820. The van der Waals surface area contributed by atoms with Gasteiger partial charge in [-0.05, 0) is 37.1 Å². The van der Waals surface area contributed by atoms with Gasteiger partial charge in [0.25, 0.3) is 0 Å². The fourth-order valence-electron chi connectivity index (χ4n) is 2.84. The maximum Gasteiger partial charge on any atom is 0.0979 e. The molecule has 3 heterocycles. The molecule has 0 amide bonds. The molecule has 0 unspecified atom stereocenters. The van der Waals surface area contributed by atoms with Crippen LogP contribution in [0.1, 0.15) is 16.8 Å². The molecule has 1 N–H and O–H groups in total. The van der Waals surface area contributed by atoms with Gasteiger partial charge in [-0.1, -0.05) is 18.2 Å². The van der Waals surface area contributed by atoms with Crippen molar-refractivity contribution in [2.45, 2.75) is 20.4 Å². The van der Waals surface area contributed by atoms with Crippen LogP contribution < -0.4 is 0 Å². The maximum absolute atomic E-state index is 4.63. The molecule has 5 nitrogen and oxygen atoms in total. The van der Waals surface area contributed by atoms with Crippen LogP contribution >= 0.6 is 0 Å². The molecule has 0 saturated carbocycles. The molecule has 23 heavy (non-hydrogen) atoms. The molecule has 0 spiro atoms. The molecule has 3 aromatic heterocycles. The van der Waals surface area contributed by atoms with Crippen molar-refractivity contribution in [2.75, 3.05) is 0 Å². The van der Waals surface area contributed by atoms with Crippen molar-refractivity contribution in [3.63, 3.8) is 0 Å². The van der Waals surface area contributed by atoms with Gasteiger partial charge in [-0.15, -0.1) is 0 Å². The van der Waals surface area contributed by atoms with Gasteiger partial charge in [0.1, 0.15) is 0 Å². The lowest BCUT2D eigenvalue weighted by Crippen LogP contribution is -1.98. The van der Waals surface area contributed by atoms with Crippen molar-refractivity contribution >= 4 is 11.0 Å². The largest absolute Gasteiger partial charge is 0.326 e.